The van der Waals surface area contributed by atoms with E-state index < -0.39 is 0 Å². The highest BCUT2D eigenvalue weighted by atomic mass is 32.1. The van der Waals surface area contributed by atoms with Crippen LogP contribution in [0.4, 0.5) is 17.1 Å². The van der Waals surface area contributed by atoms with Crippen molar-refractivity contribution in [3.8, 4) is 33.4 Å². The van der Waals surface area contributed by atoms with E-state index in [1.165, 1.54) is 64.5 Å². The van der Waals surface area contributed by atoms with Gasteiger partial charge >= 0.3 is 0 Å². The number of hydrogen-bond acceptors (Lipinski definition) is 3. The number of nitrogens with zero attached hydrogens (tertiary/aromatic N) is 2. The first-order valence-corrected chi connectivity index (χ1v) is 18.4. The van der Waals surface area contributed by atoms with Gasteiger partial charge < -0.3 is 4.90 Å². The molecule has 3 heteroatoms. The van der Waals surface area contributed by atoms with Gasteiger partial charge in [-0.25, -0.2) is 0 Å². The number of thiophene rings is 1. The van der Waals surface area contributed by atoms with Crippen LogP contribution in [0.3, 0.4) is 0 Å². The largest absolute Gasteiger partial charge is 0.310 e. The molecule has 0 radical (unpaired) electrons. The first-order chi connectivity index (χ1) is 25.0. The smallest absolute Gasteiger partial charge is 0.0715 e. The molecule has 10 rings (SSSR count). The average Bonchev–Trinajstić information content (AvgIpc) is 3.68. The van der Waals surface area contributed by atoms with E-state index >= 15 is 0 Å². The molecule has 0 saturated carbocycles. The van der Waals surface area contributed by atoms with Crippen LogP contribution in [0.1, 0.15) is 25.0 Å². The predicted octanol–water partition coefficient (Wildman–Crippen LogP) is 13.7. The van der Waals surface area contributed by atoms with Gasteiger partial charge in [-0.15, -0.1) is 11.3 Å². The second-order valence-corrected chi connectivity index (χ2v) is 15.1. The summed E-state index contributed by atoms with van der Waals surface area (Å²) in [4.78, 5) is 7.29. The minimum atomic E-state index is -0.0837. The molecule has 0 aliphatic heterocycles. The summed E-state index contributed by atoms with van der Waals surface area (Å²) in [5, 5.41) is 3.81. The first-order valence-electron chi connectivity index (χ1n) is 17.5. The molecule has 2 nitrogen and oxygen atoms in total. The highest BCUT2D eigenvalue weighted by molar-refractivity contribution is 7.26. The molecule has 9 aromatic rings. The van der Waals surface area contributed by atoms with Crippen LogP contribution >= 0.6 is 11.3 Å². The minimum absolute atomic E-state index is 0.0837. The molecule has 0 N–H and O–H groups in total. The van der Waals surface area contributed by atoms with E-state index in [2.05, 4.69) is 183 Å². The molecular weight excluding hydrogens is 637 g/mol. The molecule has 0 saturated heterocycles. The Kier molecular flexibility index (Phi) is 6.74. The van der Waals surface area contributed by atoms with Crippen LogP contribution in [0, 0.1) is 0 Å². The Balaban J connectivity index is 1.06. The summed E-state index contributed by atoms with van der Waals surface area (Å²) in [7, 11) is 0. The maximum atomic E-state index is 4.90. The second kappa shape index (κ2) is 11.5. The highest BCUT2D eigenvalue weighted by Crippen LogP contribution is 2.50. The van der Waals surface area contributed by atoms with Crippen molar-refractivity contribution >= 4 is 59.5 Å². The number of anilines is 3. The minimum Gasteiger partial charge on any atom is -0.310 e. The summed E-state index contributed by atoms with van der Waals surface area (Å²) in [5.41, 5.74) is 14.5. The van der Waals surface area contributed by atoms with Crippen LogP contribution in [-0.2, 0) is 5.41 Å². The number of rotatable bonds is 5. The SMILES string of the molecule is CC1(C)c2ccccc2-c2ccc(N(c3ccc(-c4ccccc4)cc3)c3ccc(-c4ccc5c(c4)ncc4sc6ccccc6c45)cc3)cc21. The molecule has 51 heavy (non-hydrogen) atoms. The third kappa shape index (κ3) is 4.80. The fourth-order valence-corrected chi connectivity index (χ4v) is 9.20. The van der Waals surface area contributed by atoms with Crippen LogP contribution in [0.15, 0.2) is 170 Å². The van der Waals surface area contributed by atoms with E-state index in [0.717, 1.165) is 28.1 Å². The molecule has 242 valence electrons. The van der Waals surface area contributed by atoms with Gasteiger partial charge in [-0.05, 0) is 93.0 Å². The predicted molar refractivity (Wildman–Crippen MR) is 218 cm³/mol. The van der Waals surface area contributed by atoms with E-state index in [0.29, 0.717) is 0 Å². The highest BCUT2D eigenvalue weighted by Gasteiger charge is 2.35. The topological polar surface area (TPSA) is 16.1 Å². The number of pyridine rings is 1. The zero-order valence-corrected chi connectivity index (χ0v) is 29.3. The summed E-state index contributed by atoms with van der Waals surface area (Å²) >= 11 is 1.81. The quantitative estimate of drug-likeness (QED) is 0.181. The van der Waals surface area contributed by atoms with E-state index in [4.69, 9.17) is 4.98 Å². The number of aromatic nitrogens is 1. The molecule has 0 unspecified atom stereocenters. The lowest BCUT2D eigenvalue weighted by Gasteiger charge is -2.28. The Morgan fingerprint density at radius 1 is 0.471 bits per heavy atom. The van der Waals surface area contributed by atoms with Crippen molar-refractivity contribution in [3.63, 3.8) is 0 Å². The molecule has 1 aliphatic carbocycles. The molecule has 0 fully saturated rings. The molecule has 0 amide bonds. The molecule has 1 aliphatic rings. The third-order valence-corrected chi connectivity index (χ3v) is 11.8. The number of benzene rings is 7. The molecule has 2 aromatic heterocycles. The fourth-order valence-electron chi connectivity index (χ4n) is 8.11. The van der Waals surface area contributed by atoms with Crippen molar-refractivity contribution in [2.45, 2.75) is 19.3 Å². The van der Waals surface area contributed by atoms with E-state index in [-0.39, 0.29) is 5.41 Å². The third-order valence-electron chi connectivity index (χ3n) is 10.7. The normalized spacial score (nSPS) is 13.1. The van der Waals surface area contributed by atoms with Crippen molar-refractivity contribution < 1.29 is 0 Å². The van der Waals surface area contributed by atoms with Crippen molar-refractivity contribution in [3.05, 3.63) is 181 Å². The lowest BCUT2D eigenvalue weighted by Crippen LogP contribution is -2.16. The van der Waals surface area contributed by atoms with E-state index in [1.807, 2.05) is 17.5 Å². The van der Waals surface area contributed by atoms with Gasteiger partial charge in [-0.1, -0.05) is 129 Å². The van der Waals surface area contributed by atoms with Crippen molar-refractivity contribution in [2.24, 2.45) is 0 Å². The van der Waals surface area contributed by atoms with Crippen molar-refractivity contribution in [2.75, 3.05) is 4.90 Å². The summed E-state index contributed by atoms with van der Waals surface area (Å²) in [6.07, 6.45) is 2.03. The summed E-state index contributed by atoms with van der Waals surface area (Å²) in [6, 6.07) is 59.7. The van der Waals surface area contributed by atoms with Gasteiger partial charge in [0.05, 0.1) is 10.2 Å². The summed E-state index contributed by atoms with van der Waals surface area (Å²) < 4.78 is 2.54. The molecular formula is C48H34N2S. The average molecular weight is 671 g/mol. The Labute approximate surface area is 301 Å². The van der Waals surface area contributed by atoms with Crippen LogP contribution in [0.25, 0.3) is 64.5 Å². The zero-order chi connectivity index (χ0) is 34.1. The first kappa shape index (κ1) is 29.8. The van der Waals surface area contributed by atoms with E-state index in [1.54, 1.807) is 0 Å². The van der Waals surface area contributed by atoms with Gasteiger partial charge in [-0.2, -0.15) is 0 Å². The Hall–Kier alpha value is -6.03. The lowest BCUT2D eigenvalue weighted by molar-refractivity contribution is 0.660. The summed E-state index contributed by atoms with van der Waals surface area (Å²) in [6.45, 7) is 4.69. The van der Waals surface area contributed by atoms with E-state index in [9.17, 15) is 0 Å². The van der Waals surface area contributed by atoms with Crippen molar-refractivity contribution in [1.82, 2.24) is 4.98 Å². The summed E-state index contributed by atoms with van der Waals surface area (Å²) in [5.74, 6) is 0. The molecule has 0 spiro atoms. The molecule has 2 heterocycles. The Morgan fingerprint density at radius 2 is 1.08 bits per heavy atom. The van der Waals surface area contributed by atoms with Gasteiger partial charge in [0.15, 0.2) is 0 Å². The molecule has 0 bridgehead atoms. The Morgan fingerprint density at radius 3 is 1.86 bits per heavy atom. The standard InChI is InChI=1S/C48H34N2S/c1-48(2)42-14-8-6-12-38(42)39-27-25-37(29-43(39)48)50(35-21-16-32(17-22-35)31-10-4-3-5-11-31)36-23-18-33(19-24-36)34-20-26-40-44(28-34)49-30-46-47(40)41-13-7-9-15-45(41)51-46/h3-30H,1-2H3. The van der Waals surface area contributed by atoms with Crippen LogP contribution < -0.4 is 4.90 Å². The monoisotopic (exact) mass is 670 g/mol. The number of hydrogen-bond donors (Lipinski definition) is 0. The Bertz CT molecular complexity index is 2760. The zero-order valence-electron chi connectivity index (χ0n) is 28.5. The van der Waals surface area contributed by atoms with Gasteiger partial charge in [0, 0.05) is 49.5 Å². The van der Waals surface area contributed by atoms with Crippen LogP contribution in [0.5, 0.6) is 0 Å². The van der Waals surface area contributed by atoms with Gasteiger partial charge in [0.2, 0.25) is 0 Å². The maximum Gasteiger partial charge on any atom is 0.0715 e. The van der Waals surface area contributed by atoms with Crippen LogP contribution in [-0.4, -0.2) is 4.98 Å². The lowest BCUT2D eigenvalue weighted by atomic mass is 9.82. The fraction of sp³-hybridized carbons (Fsp3) is 0.0625. The van der Waals surface area contributed by atoms with Crippen LogP contribution in [0.2, 0.25) is 0 Å². The maximum absolute atomic E-state index is 4.90. The second-order valence-electron chi connectivity index (χ2n) is 14.0. The van der Waals surface area contributed by atoms with Gasteiger partial charge in [-0.3, -0.25) is 4.98 Å². The van der Waals surface area contributed by atoms with Gasteiger partial charge in [0.1, 0.15) is 0 Å². The number of fused-ring (bicyclic) bond motifs is 8. The van der Waals surface area contributed by atoms with Crippen molar-refractivity contribution in [1.29, 1.82) is 0 Å². The molecule has 0 atom stereocenters. The van der Waals surface area contributed by atoms with Gasteiger partial charge in [0.25, 0.3) is 0 Å². The molecule has 7 aromatic carbocycles.